The fraction of sp³-hybridized carbons (Fsp3) is 0.439. The second-order valence-corrected chi connectivity index (χ2v) is 18.0. The van der Waals surface area contributed by atoms with Crippen LogP contribution in [-0.4, -0.2) is 75.1 Å². The van der Waals surface area contributed by atoms with Crippen LogP contribution < -0.4 is 10.2 Å². The highest BCUT2D eigenvalue weighted by Gasteiger charge is 2.36. The van der Waals surface area contributed by atoms with Crippen molar-refractivity contribution in [3.63, 3.8) is 0 Å². The van der Waals surface area contributed by atoms with Crippen molar-refractivity contribution in [1.82, 2.24) is 25.2 Å². The van der Waals surface area contributed by atoms with E-state index < -0.39 is 56.8 Å². The minimum Gasteiger partial charge on any atom is -0.454 e. The number of nitrogens with one attached hydrogen (secondary N) is 2. The van der Waals surface area contributed by atoms with E-state index in [0.717, 1.165) is 11.1 Å². The van der Waals surface area contributed by atoms with Crippen molar-refractivity contribution < 1.29 is 41.8 Å². The molecule has 4 N–H and O–H groups in total. The first-order valence-corrected chi connectivity index (χ1v) is 20.5. The molecule has 0 radical (unpaired) electrons. The Balaban J connectivity index is 1.40. The van der Waals surface area contributed by atoms with Gasteiger partial charge in [-0.25, -0.2) is 32.3 Å². The van der Waals surface area contributed by atoms with Crippen molar-refractivity contribution in [1.29, 1.82) is 0 Å². The standard InChI is InChI=1S/C41H49F2N5O7S/c1-25(38(51)47-54-23-28(50)22-49)18-26-8-6-9-27(19-26)41(4)15-7-14-40(2,3)24-56(52,53)17-13-31-30-12-16-44-35(30)21-34(43)36(31)55-29-10-11-33(42)32(20-29)37-45-39(41)46-48(37)5/h6,8-12,16,19-21,25,28,44,49-50H,7,13-15,17-18,22-24H2,1-5H3,(H,47,51)/t25-,28?,41?/m0/s1. The molecule has 12 nitrogen and oxygen atoms in total. The van der Waals surface area contributed by atoms with Gasteiger partial charge in [0.1, 0.15) is 24.3 Å². The molecule has 3 heterocycles. The number of aromatic amines is 1. The van der Waals surface area contributed by atoms with E-state index in [2.05, 4.69) is 10.5 Å². The summed E-state index contributed by atoms with van der Waals surface area (Å²) >= 11 is 0. The molecule has 56 heavy (non-hydrogen) atoms. The number of sulfone groups is 1. The van der Waals surface area contributed by atoms with Crippen molar-refractivity contribution in [2.24, 2.45) is 18.4 Å². The Morgan fingerprint density at radius 3 is 2.66 bits per heavy atom. The quantitative estimate of drug-likeness (QED) is 0.136. The number of rotatable bonds is 8. The van der Waals surface area contributed by atoms with Crippen LogP contribution in [0.15, 0.2) is 60.8 Å². The molecule has 6 rings (SSSR count). The van der Waals surface area contributed by atoms with Crippen LogP contribution in [0.5, 0.6) is 11.5 Å². The van der Waals surface area contributed by atoms with Gasteiger partial charge in [0.05, 0.1) is 29.1 Å². The predicted molar refractivity (Wildman–Crippen MR) is 208 cm³/mol. The van der Waals surface area contributed by atoms with Crippen LogP contribution in [0.4, 0.5) is 8.78 Å². The smallest absolute Gasteiger partial charge is 0.246 e. The number of hydrogen-bond donors (Lipinski definition) is 4. The number of fused-ring (bicyclic) bond motifs is 8. The summed E-state index contributed by atoms with van der Waals surface area (Å²) in [4.78, 5) is 25.7. The molecule has 0 saturated heterocycles. The van der Waals surface area contributed by atoms with Crippen LogP contribution in [0, 0.1) is 23.0 Å². The number of aromatic nitrogens is 4. The number of ether oxygens (including phenoxy) is 1. The van der Waals surface area contributed by atoms with E-state index in [-0.39, 0.29) is 47.4 Å². The van der Waals surface area contributed by atoms with Gasteiger partial charge in [-0.3, -0.25) is 9.63 Å². The number of aryl methyl sites for hydroxylation is 2. The number of H-pyrrole nitrogens is 1. The third-order valence-corrected chi connectivity index (χ3v) is 12.6. The van der Waals surface area contributed by atoms with Crippen molar-refractivity contribution >= 4 is 26.6 Å². The molecule has 15 heteroatoms. The highest BCUT2D eigenvalue weighted by molar-refractivity contribution is 7.91. The summed E-state index contributed by atoms with van der Waals surface area (Å²) in [6.45, 7) is 6.85. The van der Waals surface area contributed by atoms with Crippen LogP contribution in [0.2, 0.25) is 0 Å². The van der Waals surface area contributed by atoms with Gasteiger partial charge in [0.25, 0.3) is 0 Å². The number of hydrogen-bond acceptors (Lipinski definition) is 9. The molecule has 3 aromatic carbocycles. The molecule has 3 atom stereocenters. The lowest BCUT2D eigenvalue weighted by Crippen LogP contribution is -2.34. The lowest BCUT2D eigenvalue weighted by Gasteiger charge is -2.31. The number of carbonyl (C=O) groups excluding carboxylic acids is 1. The molecule has 5 aromatic rings. The van der Waals surface area contributed by atoms with E-state index in [1.807, 2.05) is 45.0 Å². The molecule has 300 valence electrons. The molecule has 1 aliphatic heterocycles. The monoisotopic (exact) mass is 793 g/mol. The average Bonchev–Trinajstić information content (AvgIpc) is 3.77. The highest BCUT2D eigenvalue weighted by Crippen LogP contribution is 2.41. The second-order valence-electron chi connectivity index (χ2n) is 15.8. The number of benzene rings is 3. The average molecular weight is 794 g/mol. The lowest BCUT2D eigenvalue weighted by molar-refractivity contribution is -0.140. The second kappa shape index (κ2) is 16.4. The summed E-state index contributed by atoms with van der Waals surface area (Å²) in [6.07, 6.45) is 2.57. The normalized spacial score (nSPS) is 19.6. The highest BCUT2D eigenvalue weighted by atomic mass is 32.2. The van der Waals surface area contributed by atoms with Gasteiger partial charge >= 0.3 is 0 Å². The first-order valence-electron chi connectivity index (χ1n) is 18.7. The third-order valence-electron chi connectivity index (χ3n) is 10.5. The van der Waals surface area contributed by atoms with Gasteiger partial charge in [-0.2, -0.15) is 5.10 Å². The minimum atomic E-state index is -3.62. The maximum absolute atomic E-state index is 15.7. The molecule has 0 fully saturated rings. The van der Waals surface area contributed by atoms with Crippen LogP contribution in [0.3, 0.4) is 0 Å². The zero-order valence-corrected chi connectivity index (χ0v) is 33.1. The molecule has 1 aliphatic rings. The van der Waals surface area contributed by atoms with E-state index in [4.69, 9.17) is 24.8 Å². The largest absolute Gasteiger partial charge is 0.454 e. The van der Waals surface area contributed by atoms with Gasteiger partial charge in [-0.1, -0.05) is 51.5 Å². The topological polar surface area (TPSA) is 169 Å². The van der Waals surface area contributed by atoms with Crippen molar-refractivity contribution in [3.8, 4) is 22.9 Å². The Labute approximate surface area is 325 Å². The van der Waals surface area contributed by atoms with Crippen molar-refractivity contribution in [2.75, 3.05) is 24.7 Å². The number of nitrogens with zero attached hydrogens (tertiary/aromatic N) is 3. The Morgan fingerprint density at radius 1 is 1.11 bits per heavy atom. The SMILES string of the molecule is C[C@@H](Cc1cccc(C2(C)CCCC(C)(C)CS(=O)(=O)CCc3c(c(F)cc4[nH]ccc34)Oc3ccc(F)c(c3)-c3nc2nn3C)c1)C(=O)NOCC(O)CO. The molecular weight excluding hydrogens is 745 g/mol. The van der Waals surface area contributed by atoms with E-state index in [9.17, 15) is 18.3 Å². The van der Waals surface area contributed by atoms with Crippen LogP contribution in [0.25, 0.3) is 22.3 Å². The van der Waals surface area contributed by atoms with Crippen molar-refractivity contribution in [3.05, 3.63) is 94.9 Å². The zero-order valence-electron chi connectivity index (χ0n) is 32.2. The van der Waals surface area contributed by atoms with Gasteiger partial charge in [-0.05, 0) is 73.4 Å². The Bertz CT molecular complexity index is 2330. The Morgan fingerprint density at radius 2 is 1.89 bits per heavy atom. The molecule has 0 spiro atoms. The van der Waals surface area contributed by atoms with Crippen LogP contribution >= 0.6 is 0 Å². The van der Waals surface area contributed by atoms with E-state index in [1.165, 1.54) is 28.9 Å². The predicted octanol–water partition coefficient (Wildman–Crippen LogP) is 6.09. The van der Waals surface area contributed by atoms with E-state index >= 15 is 8.78 Å². The van der Waals surface area contributed by atoms with E-state index in [1.54, 1.807) is 26.2 Å². The minimum absolute atomic E-state index is 0.00904. The maximum Gasteiger partial charge on any atom is 0.246 e. The summed E-state index contributed by atoms with van der Waals surface area (Å²) in [5.41, 5.74) is 3.57. The zero-order chi connectivity index (χ0) is 40.4. The first kappa shape index (κ1) is 40.9. The van der Waals surface area contributed by atoms with Gasteiger partial charge in [0.15, 0.2) is 33.1 Å². The van der Waals surface area contributed by atoms with E-state index in [0.29, 0.717) is 48.0 Å². The van der Waals surface area contributed by atoms with Gasteiger partial charge < -0.3 is 19.9 Å². The third kappa shape index (κ3) is 9.12. The van der Waals surface area contributed by atoms with Gasteiger partial charge in [-0.15, -0.1) is 0 Å². The maximum atomic E-state index is 15.7. The summed E-state index contributed by atoms with van der Waals surface area (Å²) < 4.78 is 66.5. The molecule has 0 aliphatic carbocycles. The van der Waals surface area contributed by atoms with Gasteiger partial charge in [0.2, 0.25) is 5.91 Å². The summed E-state index contributed by atoms with van der Waals surface area (Å²) in [7, 11) is -1.95. The van der Waals surface area contributed by atoms with Crippen LogP contribution in [-0.2, 0) is 44.8 Å². The lowest BCUT2D eigenvalue weighted by atomic mass is 9.75. The van der Waals surface area contributed by atoms with Crippen molar-refractivity contribution in [2.45, 2.75) is 71.3 Å². The molecule has 1 amide bonds. The molecule has 2 aromatic heterocycles. The number of aliphatic hydroxyl groups excluding tert-OH is 2. The number of aliphatic hydroxyl groups is 2. The van der Waals surface area contributed by atoms with Crippen LogP contribution in [0.1, 0.15) is 69.5 Å². The summed E-state index contributed by atoms with van der Waals surface area (Å²) in [5.74, 6) is -1.83. The molecular formula is C41H49F2N5O7S. The fourth-order valence-electron chi connectivity index (χ4n) is 7.45. The fourth-order valence-corrected chi connectivity index (χ4v) is 9.44. The number of halogens is 2. The Hall–Kier alpha value is -4.70. The molecule has 2 unspecified atom stereocenters. The summed E-state index contributed by atoms with van der Waals surface area (Å²) in [5, 5.41) is 24.0. The Kier molecular flexibility index (Phi) is 12.0. The molecule has 4 bridgehead atoms. The summed E-state index contributed by atoms with van der Waals surface area (Å²) in [6, 6.07) is 14.8. The number of carbonyl (C=O) groups is 1. The molecule has 0 saturated carbocycles. The first-order chi connectivity index (χ1) is 26.5. The van der Waals surface area contributed by atoms with Gasteiger partial charge in [0, 0.05) is 41.7 Å². The number of amides is 1. The number of hydroxylamine groups is 1.